The fourth-order valence-electron chi connectivity index (χ4n) is 3.82. The Morgan fingerprint density at radius 2 is 1.79 bits per heavy atom. The van der Waals surface area contributed by atoms with E-state index in [4.69, 9.17) is 9.73 Å². The third-order valence-corrected chi connectivity index (χ3v) is 5.42. The molecule has 2 heterocycles. The van der Waals surface area contributed by atoms with Crippen molar-refractivity contribution < 1.29 is 4.74 Å². The Labute approximate surface area is 148 Å². The van der Waals surface area contributed by atoms with E-state index in [0.29, 0.717) is 6.61 Å². The minimum Gasteiger partial charge on any atom is -0.383 e. The average Bonchev–Trinajstić information content (AvgIpc) is 2.62. The average molecular weight is 340 g/mol. The van der Waals surface area contributed by atoms with Crippen molar-refractivity contribution in [2.75, 3.05) is 66.6 Å². The normalized spacial score (nSPS) is 23.2. The Morgan fingerprint density at radius 1 is 1.08 bits per heavy atom. The lowest BCUT2D eigenvalue weighted by Crippen LogP contribution is -2.58. The molecule has 2 saturated heterocycles. The molecule has 0 aromatic carbocycles. The molecule has 6 heteroatoms. The van der Waals surface area contributed by atoms with E-state index in [-0.39, 0.29) is 5.54 Å². The monoisotopic (exact) mass is 339 g/mol. The number of ether oxygens (including phenoxy) is 1. The molecule has 140 valence electrons. The van der Waals surface area contributed by atoms with E-state index in [9.17, 15) is 0 Å². The third-order valence-electron chi connectivity index (χ3n) is 5.42. The summed E-state index contributed by atoms with van der Waals surface area (Å²) in [4.78, 5) is 10.2. The molecule has 0 amide bonds. The zero-order valence-electron chi connectivity index (χ0n) is 15.9. The minimum absolute atomic E-state index is 0.247. The quantitative estimate of drug-likeness (QED) is 0.414. The van der Waals surface area contributed by atoms with Crippen LogP contribution >= 0.6 is 0 Å². The highest BCUT2D eigenvalue weighted by Gasteiger charge is 2.39. The van der Waals surface area contributed by atoms with Crippen molar-refractivity contribution >= 4 is 5.96 Å². The summed E-state index contributed by atoms with van der Waals surface area (Å²) < 4.78 is 5.13. The lowest BCUT2D eigenvalue weighted by Gasteiger charge is -2.49. The summed E-state index contributed by atoms with van der Waals surface area (Å²) in [6.45, 7) is 10.2. The fourth-order valence-corrected chi connectivity index (χ4v) is 3.82. The van der Waals surface area contributed by atoms with Crippen LogP contribution < -0.4 is 10.6 Å². The molecule has 0 aliphatic carbocycles. The second kappa shape index (κ2) is 10.2. The van der Waals surface area contributed by atoms with Crippen molar-refractivity contribution in [2.24, 2.45) is 4.99 Å². The molecule has 0 aromatic heterocycles. The molecule has 0 saturated carbocycles. The fraction of sp³-hybridized carbons (Fsp3) is 0.944. The lowest BCUT2D eigenvalue weighted by molar-refractivity contribution is 0.0208. The van der Waals surface area contributed by atoms with Crippen LogP contribution in [0.5, 0.6) is 0 Å². The van der Waals surface area contributed by atoms with Crippen LogP contribution in [-0.4, -0.2) is 87.9 Å². The van der Waals surface area contributed by atoms with Gasteiger partial charge in [-0.3, -0.25) is 9.89 Å². The maximum absolute atomic E-state index is 5.13. The molecule has 2 N–H and O–H groups in total. The molecule has 2 rings (SSSR count). The molecular formula is C18H37N5O. The first-order valence-corrected chi connectivity index (χ1v) is 9.65. The van der Waals surface area contributed by atoms with Crippen LogP contribution in [0.2, 0.25) is 0 Å². The lowest BCUT2D eigenvalue weighted by atomic mass is 9.84. The molecule has 2 aliphatic rings. The van der Waals surface area contributed by atoms with Crippen LogP contribution in [0.25, 0.3) is 0 Å². The van der Waals surface area contributed by atoms with Gasteiger partial charge in [0.15, 0.2) is 5.96 Å². The van der Waals surface area contributed by atoms with Gasteiger partial charge in [0.05, 0.1) is 13.2 Å². The molecule has 2 fully saturated rings. The molecule has 24 heavy (non-hydrogen) atoms. The Morgan fingerprint density at radius 3 is 2.42 bits per heavy atom. The number of methoxy groups -OCH3 is 1. The van der Waals surface area contributed by atoms with E-state index in [1.54, 1.807) is 7.11 Å². The van der Waals surface area contributed by atoms with Gasteiger partial charge < -0.3 is 20.3 Å². The molecular weight excluding hydrogens is 302 g/mol. The van der Waals surface area contributed by atoms with Crippen molar-refractivity contribution in [3.05, 3.63) is 0 Å². The summed E-state index contributed by atoms with van der Waals surface area (Å²) in [5.41, 5.74) is 0.247. The van der Waals surface area contributed by atoms with E-state index in [1.165, 1.54) is 58.3 Å². The smallest absolute Gasteiger partial charge is 0.191 e. The van der Waals surface area contributed by atoms with Gasteiger partial charge in [-0.15, -0.1) is 0 Å². The topological polar surface area (TPSA) is 52.1 Å². The van der Waals surface area contributed by atoms with E-state index in [0.717, 1.165) is 25.6 Å². The number of aliphatic imine (C=N–C) groups is 1. The number of piperidine rings is 2. The Kier molecular flexibility index (Phi) is 8.29. The molecule has 2 aliphatic heterocycles. The molecule has 6 nitrogen and oxygen atoms in total. The van der Waals surface area contributed by atoms with Crippen molar-refractivity contribution in [3.63, 3.8) is 0 Å². The molecule has 0 radical (unpaired) electrons. The molecule has 0 unspecified atom stereocenters. The molecule has 0 atom stereocenters. The highest BCUT2D eigenvalue weighted by molar-refractivity contribution is 5.79. The molecule has 0 aromatic rings. The van der Waals surface area contributed by atoms with Crippen LogP contribution in [0.1, 0.15) is 39.0 Å². The standard InChI is InChI=1S/C18H37N5O/c1-4-19-17(20-10-15-24-3)21-16-18(8-13-22(2)14-9-18)23-11-6-5-7-12-23/h4-16H2,1-3H3,(H2,19,20,21). The first-order chi connectivity index (χ1) is 11.7. The van der Waals surface area contributed by atoms with Gasteiger partial charge in [-0.2, -0.15) is 0 Å². The van der Waals surface area contributed by atoms with Gasteiger partial charge in [-0.25, -0.2) is 0 Å². The van der Waals surface area contributed by atoms with Crippen molar-refractivity contribution in [2.45, 2.75) is 44.6 Å². The van der Waals surface area contributed by atoms with Crippen LogP contribution in [-0.2, 0) is 4.74 Å². The van der Waals surface area contributed by atoms with E-state index in [1.807, 2.05) is 0 Å². The number of hydrogen-bond donors (Lipinski definition) is 2. The summed E-state index contributed by atoms with van der Waals surface area (Å²) in [7, 11) is 3.97. The largest absolute Gasteiger partial charge is 0.383 e. The van der Waals surface area contributed by atoms with Gasteiger partial charge in [-0.1, -0.05) is 6.42 Å². The van der Waals surface area contributed by atoms with E-state index in [2.05, 4.69) is 34.4 Å². The summed E-state index contributed by atoms with van der Waals surface area (Å²) in [6.07, 6.45) is 6.52. The maximum Gasteiger partial charge on any atom is 0.191 e. The first kappa shape index (κ1) is 19.5. The van der Waals surface area contributed by atoms with E-state index >= 15 is 0 Å². The van der Waals surface area contributed by atoms with Crippen molar-refractivity contribution in [1.29, 1.82) is 0 Å². The number of nitrogens with zero attached hydrogens (tertiary/aromatic N) is 3. The first-order valence-electron chi connectivity index (χ1n) is 9.65. The summed E-state index contributed by atoms with van der Waals surface area (Å²) >= 11 is 0. The SMILES string of the molecule is CCNC(=NCC1(N2CCCCC2)CCN(C)CC1)NCCOC. The van der Waals surface area contributed by atoms with E-state index < -0.39 is 0 Å². The number of hydrogen-bond acceptors (Lipinski definition) is 4. The van der Waals surface area contributed by atoms with Gasteiger partial charge in [0.25, 0.3) is 0 Å². The third kappa shape index (κ3) is 5.60. The van der Waals surface area contributed by atoms with Gasteiger partial charge in [0.1, 0.15) is 0 Å². The summed E-state index contributed by atoms with van der Waals surface area (Å²) in [5, 5.41) is 6.74. The zero-order valence-corrected chi connectivity index (χ0v) is 15.9. The number of guanidine groups is 1. The van der Waals surface area contributed by atoms with Crippen LogP contribution in [0.4, 0.5) is 0 Å². The summed E-state index contributed by atoms with van der Waals surface area (Å²) in [6, 6.07) is 0. The van der Waals surface area contributed by atoms with Gasteiger partial charge in [0.2, 0.25) is 0 Å². The predicted octanol–water partition coefficient (Wildman–Crippen LogP) is 1.14. The number of likely N-dealkylation sites (tertiary alicyclic amines) is 2. The van der Waals surface area contributed by atoms with Crippen molar-refractivity contribution in [3.8, 4) is 0 Å². The second-order valence-electron chi connectivity index (χ2n) is 7.19. The Hall–Kier alpha value is -0.850. The van der Waals surface area contributed by atoms with Crippen LogP contribution in [0.15, 0.2) is 4.99 Å². The van der Waals surface area contributed by atoms with Gasteiger partial charge >= 0.3 is 0 Å². The minimum atomic E-state index is 0.247. The summed E-state index contributed by atoms with van der Waals surface area (Å²) in [5.74, 6) is 0.921. The maximum atomic E-state index is 5.13. The number of rotatable bonds is 7. The van der Waals surface area contributed by atoms with Crippen LogP contribution in [0.3, 0.4) is 0 Å². The predicted molar refractivity (Wildman–Crippen MR) is 101 cm³/mol. The number of nitrogens with one attached hydrogen (secondary N) is 2. The highest BCUT2D eigenvalue weighted by atomic mass is 16.5. The molecule has 0 spiro atoms. The second-order valence-corrected chi connectivity index (χ2v) is 7.19. The molecule has 0 bridgehead atoms. The highest BCUT2D eigenvalue weighted by Crippen LogP contribution is 2.31. The Bertz CT molecular complexity index is 374. The van der Waals surface area contributed by atoms with Gasteiger partial charge in [-0.05, 0) is 65.8 Å². The zero-order chi connectivity index (χ0) is 17.3. The van der Waals surface area contributed by atoms with Crippen molar-refractivity contribution in [1.82, 2.24) is 20.4 Å². The van der Waals surface area contributed by atoms with Crippen LogP contribution in [0, 0.1) is 0 Å². The van der Waals surface area contributed by atoms with Gasteiger partial charge in [0, 0.05) is 25.7 Å². The Balaban J connectivity index is 2.03.